The number of para-hydroxylation sites is 1. The minimum Gasteiger partial charge on any atom is -0.439 e. The second-order valence-electron chi connectivity index (χ2n) is 7.38. The highest BCUT2D eigenvalue weighted by Gasteiger charge is 2.24. The van der Waals surface area contributed by atoms with Crippen molar-refractivity contribution in [3.63, 3.8) is 0 Å². The zero-order valence-corrected chi connectivity index (χ0v) is 16.3. The van der Waals surface area contributed by atoms with Crippen molar-refractivity contribution in [2.24, 2.45) is 0 Å². The van der Waals surface area contributed by atoms with Crippen LogP contribution in [0.4, 0.5) is 0 Å². The van der Waals surface area contributed by atoms with Gasteiger partial charge in [0.1, 0.15) is 5.75 Å². The van der Waals surface area contributed by atoms with E-state index in [1.807, 2.05) is 54.1 Å². The number of ether oxygens (including phenoxy) is 1. The fourth-order valence-electron chi connectivity index (χ4n) is 3.23. The standard InChI is InChI=1S/C23H25N3O2/c1-16-7-6-8-19(15-16)26-23(28-20-9-4-3-5-10-20)21(17(2)25-26)13-14-22(27)24-18-11-12-18/h3-10,15,18H,11-14H2,1-2H3,(H,24,27). The molecule has 1 aromatic heterocycles. The Kier molecular flexibility index (Phi) is 5.15. The van der Waals surface area contributed by atoms with Gasteiger partial charge in [-0.05, 0) is 62.9 Å². The van der Waals surface area contributed by atoms with E-state index >= 15 is 0 Å². The van der Waals surface area contributed by atoms with Gasteiger partial charge in [0.05, 0.1) is 11.4 Å². The van der Waals surface area contributed by atoms with Crippen LogP contribution in [0.5, 0.6) is 11.6 Å². The maximum atomic E-state index is 12.2. The molecule has 0 unspecified atom stereocenters. The second kappa shape index (κ2) is 7.89. The van der Waals surface area contributed by atoms with E-state index in [1.54, 1.807) is 0 Å². The van der Waals surface area contributed by atoms with Gasteiger partial charge < -0.3 is 10.1 Å². The lowest BCUT2D eigenvalue weighted by atomic mass is 10.1. The Morgan fingerprint density at radius 2 is 1.93 bits per heavy atom. The van der Waals surface area contributed by atoms with Crippen LogP contribution in [0.15, 0.2) is 54.6 Å². The minimum atomic E-state index is 0.0934. The van der Waals surface area contributed by atoms with Crippen LogP contribution in [0.3, 0.4) is 0 Å². The molecule has 144 valence electrons. The summed E-state index contributed by atoms with van der Waals surface area (Å²) < 4.78 is 8.09. The van der Waals surface area contributed by atoms with Crippen molar-refractivity contribution >= 4 is 5.91 Å². The molecule has 0 saturated heterocycles. The molecule has 0 atom stereocenters. The summed E-state index contributed by atoms with van der Waals surface area (Å²) >= 11 is 0. The quantitative estimate of drug-likeness (QED) is 0.662. The smallest absolute Gasteiger partial charge is 0.226 e. The van der Waals surface area contributed by atoms with Gasteiger partial charge in [0.25, 0.3) is 0 Å². The summed E-state index contributed by atoms with van der Waals surface area (Å²) in [5.74, 6) is 1.52. The highest BCUT2D eigenvalue weighted by molar-refractivity contribution is 5.77. The summed E-state index contributed by atoms with van der Waals surface area (Å²) in [7, 11) is 0. The molecule has 4 rings (SSSR count). The number of aromatic nitrogens is 2. The minimum absolute atomic E-state index is 0.0934. The normalized spacial score (nSPS) is 13.4. The molecule has 5 nitrogen and oxygen atoms in total. The van der Waals surface area contributed by atoms with Gasteiger partial charge in [0, 0.05) is 18.0 Å². The molecule has 1 saturated carbocycles. The summed E-state index contributed by atoms with van der Waals surface area (Å²) in [6, 6.07) is 18.2. The van der Waals surface area contributed by atoms with Crippen LogP contribution in [-0.2, 0) is 11.2 Å². The van der Waals surface area contributed by atoms with Crippen LogP contribution in [0, 0.1) is 13.8 Å². The molecule has 1 amide bonds. The van der Waals surface area contributed by atoms with E-state index in [9.17, 15) is 4.79 Å². The molecule has 0 aliphatic heterocycles. The van der Waals surface area contributed by atoms with E-state index in [2.05, 4.69) is 24.4 Å². The molecule has 28 heavy (non-hydrogen) atoms. The van der Waals surface area contributed by atoms with Gasteiger partial charge in [-0.1, -0.05) is 30.3 Å². The Hall–Kier alpha value is -3.08. The van der Waals surface area contributed by atoms with E-state index < -0.39 is 0 Å². The Labute approximate surface area is 165 Å². The first-order valence-electron chi connectivity index (χ1n) is 9.78. The van der Waals surface area contributed by atoms with Crippen molar-refractivity contribution < 1.29 is 9.53 Å². The van der Waals surface area contributed by atoms with Gasteiger partial charge in [-0.3, -0.25) is 4.79 Å². The predicted octanol–water partition coefficient (Wildman–Crippen LogP) is 4.49. The van der Waals surface area contributed by atoms with Crippen LogP contribution in [0.25, 0.3) is 5.69 Å². The van der Waals surface area contributed by atoms with Crippen molar-refractivity contribution in [3.05, 3.63) is 71.4 Å². The van der Waals surface area contributed by atoms with Crippen LogP contribution in [0.1, 0.15) is 36.1 Å². The SMILES string of the molecule is Cc1cccc(-n2nc(C)c(CCC(=O)NC3CC3)c2Oc2ccccc2)c1. The molecule has 2 aromatic carbocycles. The fraction of sp³-hybridized carbons (Fsp3) is 0.304. The molecule has 1 fully saturated rings. The lowest BCUT2D eigenvalue weighted by Crippen LogP contribution is -2.25. The maximum absolute atomic E-state index is 12.2. The van der Waals surface area contributed by atoms with Gasteiger partial charge >= 0.3 is 0 Å². The highest BCUT2D eigenvalue weighted by Crippen LogP contribution is 2.31. The number of benzene rings is 2. The van der Waals surface area contributed by atoms with Crippen molar-refractivity contribution in [2.45, 2.75) is 45.6 Å². The third-order valence-corrected chi connectivity index (χ3v) is 4.89. The number of nitrogens with one attached hydrogen (secondary N) is 1. The number of amides is 1. The molecule has 1 aliphatic rings. The first-order chi connectivity index (χ1) is 13.6. The van der Waals surface area contributed by atoms with Crippen molar-refractivity contribution in [2.75, 3.05) is 0 Å². The van der Waals surface area contributed by atoms with Crippen LogP contribution in [0.2, 0.25) is 0 Å². The average Bonchev–Trinajstić information content (AvgIpc) is 3.44. The van der Waals surface area contributed by atoms with Crippen LogP contribution in [-0.4, -0.2) is 21.7 Å². The molecule has 1 N–H and O–H groups in total. The predicted molar refractivity (Wildman–Crippen MR) is 109 cm³/mol. The first-order valence-corrected chi connectivity index (χ1v) is 9.78. The van der Waals surface area contributed by atoms with Gasteiger partial charge in [-0.2, -0.15) is 5.10 Å². The topological polar surface area (TPSA) is 56.2 Å². The third kappa shape index (κ3) is 4.25. The van der Waals surface area contributed by atoms with Gasteiger partial charge in [0.15, 0.2) is 0 Å². The lowest BCUT2D eigenvalue weighted by molar-refractivity contribution is -0.121. The summed E-state index contributed by atoms with van der Waals surface area (Å²) in [6.45, 7) is 4.03. The molecule has 0 spiro atoms. The monoisotopic (exact) mass is 375 g/mol. The average molecular weight is 375 g/mol. The molecule has 0 radical (unpaired) electrons. The van der Waals surface area contributed by atoms with E-state index in [0.29, 0.717) is 24.8 Å². The van der Waals surface area contributed by atoms with Gasteiger partial charge in [-0.25, -0.2) is 4.68 Å². The number of hydrogen-bond donors (Lipinski definition) is 1. The van der Waals surface area contributed by atoms with E-state index in [0.717, 1.165) is 41.1 Å². The van der Waals surface area contributed by atoms with Gasteiger partial charge in [-0.15, -0.1) is 0 Å². The zero-order valence-electron chi connectivity index (χ0n) is 16.3. The van der Waals surface area contributed by atoms with Crippen molar-refractivity contribution in [3.8, 4) is 17.3 Å². The van der Waals surface area contributed by atoms with E-state index in [-0.39, 0.29) is 5.91 Å². The molecular weight excluding hydrogens is 350 g/mol. The Morgan fingerprint density at radius 3 is 2.64 bits per heavy atom. The van der Waals surface area contributed by atoms with Crippen LogP contribution >= 0.6 is 0 Å². The molecule has 1 heterocycles. The number of rotatable bonds is 7. The van der Waals surface area contributed by atoms with Gasteiger partial charge in [0.2, 0.25) is 11.8 Å². The highest BCUT2D eigenvalue weighted by atomic mass is 16.5. The fourth-order valence-corrected chi connectivity index (χ4v) is 3.23. The molecule has 3 aromatic rings. The summed E-state index contributed by atoms with van der Waals surface area (Å²) in [5, 5.41) is 7.78. The van der Waals surface area contributed by atoms with Crippen molar-refractivity contribution in [1.29, 1.82) is 0 Å². The first kappa shape index (κ1) is 18.3. The molecule has 1 aliphatic carbocycles. The third-order valence-electron chi connectivity index (χ3n) is 4.89. The Morgan fingerprint density at radius 1 is 1.14 bits per heavy atom. The van der Waals surface area contributed by atoms with E-state index in [4.69, 9.17) is 9.84 Å². The van der Waals surface area contributed by atoms with E-state index in [1.165, 1.54) is 0 Å². The summed E-state index contributed by atoms with van der Waals surface area (Å²) in [6.07, 6.45) is 3.22. The maximum Gasteiger partial charge on any atom is 0.226 e. The Bertz CT molecular complexity index is 975. The molecular formula is C23H25N3O2. The zero-order chi connectivity index (χ0) is 19.5. The number of carbonyl (C=O) groups excluding carboxylic acids is 1. The number of aryl methyl sites for hydroxylation is 2. The number of nitrogens with zero attached hydrogens (tertiary/aromatic N) is 2. The Balaban J connectivity index is 1.66. The van der Waals surface area contributed by atoms with Crippen molar-refractivity contribution in [1.82, 2.24) is 15.1 Å². The second-order valence-corrected chi connectivity index (χ2v) is 7.38. The van der Waals surface area contributed by atoms with Crippen LogP contribution < -0.4 is 10.1 Å². The molecule has 5 heteroatoms. The summed E-state index contributed by atoms with van der Waals surface area (Å²) in [4.78, 5) is 12.2. The number of carbonyl (C=O) groups is 1. The number of hydrogen-bond acceptors (Lipinski definition) is 3. The lowest BCUT2D eigenvalue weighted by Gasteiger charge is -2.12. The largest absolute Gasteiger partial charge is 0.439 e. The summed E-state index contributed by atoms with van der Waals surface area (Å²) in [5.41, 5.74) is 3.95. The molecule has 0 bridgehead atoms.